The van der Waals surface area contributed by atoms with Crippen molar-refractivity contribution in [3.8, 4) is 5.75 Å². The highest BCUT2D eigenvalue weighted by molar-refractivity contribution is 6.29. The first kappa shape index (κ1) is 9.74. The summed E-state index contributed by atoms with van der Waals surface area (Å²) in [6.07, 6.45) is 2.13. The fourth-order valence-corrected chi connectivity index (χ4v) is 0.763. The zero-order valence-corrected chi connectivity index (χ0v) is 7.62. The lowest BCUT2D eigenvalue weighted by Crippen LogP contribution is -1.97. The largest absolute Gasteiger partial charge is 0.486 e. The van der Waals surface area contributed by atoms with E-state index >= 15 is 0 Å². The predicted molar refractivity (Wildman–Crippen MR) is 50.1 cm³/mol. The van der Waals surface area contributed by atoms with Crippen molar-refractivity contribution in [1.29, 1.82) is 0 Å². The van der Waals surface area contributed by atoms with Crippen LogP contribution in [0.15, 0.2) is 29.9 Å². The van der Waals surface area contributed by atoms with Crippen molar-refractivity contribution in [2.24, 2.45) is 0 Å². The maximum absolute atomic E-state index is 10.2. The molecule has 0 aliphatic carbocycles. The molecule has 0 amide bonds. The third kappa shape index (κ3) is 3.25. The van der Waals surface area contributed by atoms with Crippen LogP contribution in [-0.4, -0.2) is 17.9 Å². The van der Waals surface area contributed by atoms with Crippen LogP contribution >= 0.6 is 11.6 Å². The summed E-state index contributed by atoms with van der Waals surface area (Å²) in [4.78, 5) is 14.1. The third-order valence-corrected chi connectivity index (χ3v) is 1.38. The van der Waals surface area contributed by atoms with Gasteiger partial charge in [-0.25, -0.2) is 4.98 Å². The average Bonchev–Trinajstić information content (AvgIpc) is 2.15. The van der Waals surface area contributed by atoms with Gasteiger partial charge in [0.05, 0.1) is 6.20 Å². The second kappa shape index (κ2) is 4.62. The van der Waals surface area contributed by atoms with E-state index in [9.17, 15) is 4.79 Å². The summed E-state index contributed by atoms with van der Waals surface area (Å²) >= 11 is 5.49. The fraction of sp³-hybridized carbons (Fsp3) is 0.111. The van der Waals surface area contributed by atoms with Crippen molar-refractivity contribution in [3.63, 3.8) is 0 Å². The van der Waals surface area contributed by atoms with Gasteiger partial charge in [0.1, 0.15) is 18.1 Å². The lowest BCUT2D eigenvalue weighted by molar-refractivity contribution is 0.111. The molecule has 3 nitrogen and oxygen atoms in total. The van der Waals surface area contributed by atoms with Gasteiger partial charge in [0.15, 0.2) is 6.29 Å². The number of hydrogen-bond donors (Lipinski definition) is 0. The summed E-state index contributed by atoms with van der Waals surface area (Å²) < 4.78 is 5.16. The van der Waals surface area contributed by atoms with E-state index in [0.29, 0.717) is 22.8 Å². The lowest BCUT2D eigenvalue weighted by Gasteiger charge is -2.03. The summed E-state index contributed by atoms with van der Waals surface area (Å²) in [6.45, 7) is 3.71. The number of halogens is 1. The first-order valence-electron chi connectivity index (χ1n) is 3.59. The van der Waals surface area contributed by atoms with Gasteiger partial charge in [-0.2, -0.15) is 0 Å². The number of carbonyl (C=O) groups excluding carboxylic acids is 1. The molecule has 0 aliphatic heterocycles. The van der Waals surface area contributed by atoms with E-state index in [2.05, 4.69) is 11.6 Å². The molecular weight excluding hydrogens is 190 g/mol. The van der Waals surface area contributed by atoms with Gasteiger partial charge in [-0.1, -0.05) is 18.2 Å². The minimum Gasteiger partial charge on any atom is -0.486 e. The maximum atomic E-state index is 10.2. The van der Waals surface area contributed by atoms with Crippen LogP contribution in [0.1, 0.15) is 10.5 Å². The molecule has 1 aromatic heterocycles. The maximum Gasteiger partial charge on any atom is 0.168 e. The summed E-state index contributed by atoms with van der Waals surface area (Å²) in [6, 6.07) is 3.22. The molecule has 0 radical (unpaired) electrons. The Labute approximate surface area is 81.0 Å². The molecule has 1 rings (SSSR count). The van der Waals surface area contributed by atoms with Crippen LogP contribution in [0.2, 0.25) is 0 Å². The summed E-state index contributed by atoms with van der Waals surface area (Å²) in [5, 5.41) is 0.416. The number of hydrogen-bond acceptors (Lipinski definition) is 3. The molecule has 1 heterocycles. The van der Waals surface area contributed by atoms with Gasteiger partial charge in [-0.3, -0.25) is 4.79 Å². The molecule has 0 N–H and O–H groups in total. The summed E-state index contributed by atoms with van der Waals surface area (Å²) in [5.41, 5.74) is 0.372. The molecule has 0 fully saturated rings. The van der Waals surface area contributed by atoms with Crippen molar-refractivity contribution in [1.82, 2.24) is 4.98 Å². The Morgan fingerprint density at radius 1 is 1.69 bits per heavy atom. The van der Waals surface area contributed by atoms with Gasteiger partial charge in [-0.15, -0.1) is 0 Å². The van der Waals surface area contributed by atoms with Crippen molar-refractivity contribution in [3.05, 3.63) is 35.6 Å². The molecule has 0 aromatic carbocycles. The zero-order chi connectivity index (χ0) is 9.68. The Morgan fingerprint density at radius 3 is 2.92 bits per heavy atom. The Hall–Kier alpha value is -1.35. The SMILES string of the molecule is C=C(Cl)COc1ccc(C=O)nc1. The van der Waals surface area contributed by atoms with Crippen molar-refractivity contribution in [2.75, 3.05) is 6.61 Å². The number of nitrogens with zero attached hydrogens (tertiary/aromatic N) is 1. The van der Waals surface area contributed by atoms with E-state index in [1.807, 2.05) is 0 Å². The quantitative estimate of drug-likeness (QED) is 0.694. The monoisotopic (exact) mass is 197 g/mol. The molecule has 1 aromatic rings. The smallest absolute Gasteiger partial charge is 0.168 e. The topological polar surface area (TPSA) is 39.2 Å². The minimum absolute atomic E-state index is 0.240. The van der Waals surface area contributed by atoms with E-state index < -0.39 is 0 Å². The van der Waals surface area contributed by atoms with Crippen molar-refractivity contribution in [2.45, 2.75) is 0 Å². The highest BCUT2D eigenvalue weighted by atomic mass is 35.5. The van der Waals surface area contributed by atoms with Crippen LogP contribution in [0.3, 0.4) is 0 Å². The molecule has 0 saturated carbocycles. The number of carbonyl (C=O) groups is 1. The molecule has 13 heavy (non-hydrogen) atoms. The standard InChI is InChI=1S/C9H8ClNO2/c1-7(10)6-13-9-3-2-8(5-12)11-4-9/h2-5H,1,6H2. The Kier molecular flexibility index (Phi) is 3.46. The minimum atomic E-state index is 0.240. The Morgan fingerprint density at radius 2 is 2.46 bits per heavy atom. The molecule has 0 aliphatic rings. The number of rotatable bonds is 4. The Balaban J connectivity index is 2.59. The molecular formula is C9H8ClNO2. The second-order valence-corrected chi connectivity index (χ2v) is 2.88. The Bertz CT molecular complexity index is 308. The van der Waals surface area contributed by atoms with E-state index in [4.69, 9.17) is 16.3 Å². The molecule has 0 spiro atoms. The highest BCUT2D eigenvalue weighted by Gasteiger charge is 1.95. The molecule has 68 valence electrons. The van der Waals surface area contributed by atoms with Gasteiger partial charge in [0.2, 0.25) is 0 Å². The van der Waals surface area contributed by atoms with Gasteiger partial charge in [0, 0.05) is 5.03 Å². The lowest BCUT2D eigenvalue weighted by atomic mass is 10.4. The molecule has 4 heteroatoms. The van der Waals surface area contributed by atoms with Gasteiger partial charge in [0.25, 0.3) is 0 Å². The van der Waals surface area contributed by atoms with E-state index in [0.717, 1.165) is 0 Å². The molecule has 0 bridgehead atoms. The number of pyridine rings is 1. The van der Waals surface area contributed by atoms with Gasteiger partial charge < -0.3 is 4.74 Å². The predicted octanol–water partition coefficient (Wildman–Crippen LogP) is 2.03. The number of aldehydes is 1. The first-order valence-corrected chi connectivity index (χ1v) is 3.97. The van der Waals surface area contributed by atoms with E-state index in [-0.39, 0.29) is 6.61 Å². The van der Waals surface area contributed by atoms with Crippen molar-refractivity contribution < 1.29 is 9.53 Å². The van der Waals surface area contributed by atoms with Gasteiger partial charge in [-0.05, 0) is 12.1 Å². The van der Waals surface area contributed by atoms with Crippen LogP contribution < -0.4 is 4.74 Å². The normalized spacial score (nSPS) is 9.31. The summed E-state index contributed by atoms with van der Waals surface area (Å²) in [7, 11) is 0. The van der Waals surface area contributed by atoms with Crippen LogP contribution in [0, 0.1) is 0 Å². The van der Waals surface area contributed by atoms with Crippen LogP contribution in [0.5, 0.6) is 5.75 Å². The van der Waals surface area contributed by atoms with Crippen LogP contribution in [-0.2, 0) is 0 Å². The van der Waals surface area contributed by atoms with E-state index in [1.54, 1.807) is 12.1 Å². The van der Waals surface area contributed by atoms with Crippen LogP contribution in [0.4, 0.5) is 0 Å². The average molecular weight is 198 g/mol. The highest BCUT2D eigenvalue weighted by Crippen LogP contribution is 2.10. The third-order valence-electron chi connectivity index (χ3n) is 1.28. The number of aromatic nitrogens is 1. The zero-order valence-electron chi connectivity index (χ0n) is 6.87. The van der Waals surface area contributed by atoms with Gasteiger partial charge >= 0.3 is 0 Å². The van der Waals surface area contributed by atoms with Crippen LogP contribution in [0.25, 0.3) is 0 Å². The first-order chi connectivity index (χ1) is 6.22. The van der Waals surface area contributed by atoms with E-state index in [1.165, 1.54) is 6.20 Å². The fourth-order valence-electron chi connectivity index (χ4n) is 0.708. The molecule has 0 atom stereocenters. The van der Waals surface area contributed by atoms with Crippen molar-refractivity contribution >= 4 is 17.9 Å². The number of ether oxygens (including phenoxy) is 1. The second-order valence-electron chi connectivity index (χ2n) is 2.34. The molecule has 0 unspecified atom stereocenters. The molecule has 0 saturated heterocycles. The summed E-state index contributed by atoms with van der Waals surface area (Å²) in [5.74, 6) is 0.562.